The van der Waals surface area contributed by atoms with Crippen LogP contribution in [0.2, 0.25) is 0 Å². The van der Waals surface area contributed by atoms with Gasteiger partial charge in [0.15, 0.2) is 0 Å². The molecule has 33 heavy (non-hydrogen) atoms. The second-order valence-electron chi connectivity index (χ2n) is 7.87. The SMILES string of the molecule is COCCNS(=O)(=O)c1cc(C(=O)N2CCC[C@H](c3nc4ccccc4s3)C2)ccc1OC. The molecule has 8 nitrogen and oxygen atoms in total. The van der Waals surface area contributed by atoms with Crippen molar-refractivity contribution in [1.29, 1.82) is 0 Å². The van der Waals surface area contributed by atoms with Gasteiger partial charge in [-0.2, -0.15) is 0 Å². The number of methoxy groups -OCH3 is 2. The number of benzene rings is 2. The van der Waals surface area contributed by atoms with Crippen LogP contribution in [0.25, 0.3) is 10.2 Å². The molecule has 1 fully saturated rings. The molecular formula is C23H27N3O5S2. The molecule has 1 saturated heterocycles. The van der Waals surface area contributed by atoms with Crippen LogP contribution in [-0.4, -0.2) is 64.7 Å². The Bertz CT molecular complexity index is 1210. The minimum absolute atomic E-state index is 0.0633. The number of fused-ring (bicyclic) bond motifs is 1. The third-order valence-corrected chi connectivity index (χ3v) is 8.35. The fourth-order valence-corrected chi connectivity index (χ4v) is 6.29. The molecule has 2 heterocycles. The van der Waals surface area contributed by atoms with Crippen molar-refractivity contribution in [2.24, 2.45) is 0 Å². The van der Waals surface area contributed by atoms with Crippen LogP contribution in [0.3, 0.4) is 0 Å². The summed E-state index contributed by atoms with van der Waals surface area (Å²) in [5.74, 6) is 0.150. The van der Waals surface area contributed by atoms with Gasteiger partial charge in [-0.05, 0) is 43.2 Å². The van der Waals surface area contributed by atoms with Crippen molar-refractivity contribution in [3.05, 3.63) is 53.0 Å². The number of piperidine rings is 1. The summed E-state index contributed by atoms with van der Waals surface area (Å²) < 4.78 is 39.3. The predicted molar refractivity (Wildman–Crippen MR) is 128 cm³/mol. The average Bonchev–Trinajstić information content (AvgIpc) is 3.28. The molecule has 1 aliphatic rings. The lowest BCUT2D eigenvalue weighted by atomic mass is 9.98. The van der Waals surface area contributed by atoms with Gasteiger partial charge in [-0.15, -0.1) is 11.3 Å². The van der Waals surface area contributed by atoms with Crippen molar-refractivity contribution in [3.8, 4) is 5.75 Å². The van der Waals surface area contributed by atoms with Gasteiger partial charge >= 0.3 is 0 Å². The van der Waals surface area contributed by atoms with Crippen LogP contribution < -0.4 is 9.46 Å². The Kier molecular flexibility index (Phi) is 7.28. The molecule has 3 aromatic rings. The topological polar surface area (TPSA) is 97.8 Å². The first-order valence-corrected chi connectivity index (χ1v) is 13.0. The predicted octanol–water partition coefficient (Wildman–Crippen LogP) is 3.25. The summed E-state index contributed by atoms with van der Waals surface area (Å²) in [5.41, 5.74) is 1.29. The number of aromatic nitrogens is 1. The maximum atomic E-state index is 13.3. The molecule has 0 aliphatic carbocycles. The summed E-state index contributed by atoms with van der Waals surface area (Å²) >= 11 is 1.67. The van der Waals surface area contributed by atoms with Gasteiger partial charge < -0.3 is 14.4 Å². The maximum Gasteiger partial charge on any atom is 0.253 e. The number of rotatable bonds is 8. The summed E-state index contributed by atoms with van der Waals surface area (Å²) in [6, 6.07) is 12.5. The molecule has 0 bridgehead atoms. The molecule has 1 N–H and O–H groups in total. The zero-order valence-electron chi connectivity index (χ0n) is 18.6. The Morgan fingerprint density at radius 2 is 2.06 bits per heavy atom. The second-order valence-corrected chi connectivity index (χ2v) is 10.7. The molecule has 1 atom stereocenters. The monoisotopic (exact) mass is 489 g/mol. The summed E-state index contributed by atoms with van der Waals surface area (Å²) in [6.07, 6.45) is 1.83. The smallest absolute Gasteiger partial charge is 0.253 e. The number of amides is 1. The number of ether oxygens (including phenoxy) is 2. The van der Waals surface area contributed by atoms with Gasteiger partial charge in [0, 0.05) is 38.2 Å². The van der Waals surface area contributed by atoms with Crippen molar-refractivity contribution in [3.63, 3.8) is 0 Å². The number of carbonyl (C=O) groups is 1. The number of carbonyl (C=O) groups excluding carboxylic acids is 1. The van der Waals surface area contributed by atoms with Gasteiger partial charge in [-0.1, -0.05) is 12.1 Å². The van der Waals surface area contributed by atoms with E-state index in [1.54, 1.807) is 22.3 Å². The highest BCUT2D eigenvalue weighted by Crippen LogP contribution is 2.34. The highest BCUT2D eigenvalue weighted by Gasteiger charge is 2.29. The van der Waals surface area contributed by atoms with Crippen molar-refractivity contribution in [2.75, 3.05) is 40.5 Å². The fraction of sp³-hybridized carbons (Fsp3) is 0.391. The Balaban J connectivity index is 1.55. The minimum atomic E-state index is -3.86. The highest BCUT2D eigenvalue weighted by molar-refractivity contribution is 7.89. The van der Waals surface area contributed by atoms with Crippen LogP contribution in [0.1, 0.15) is 34.1 Å². The molecule has 4 rings (SSSR count). The van der Waals surface area contributed by atoms with Crippen molar-refractivity contribution >= 4 is 37.5 Å². The van der Waals surface area contributed by atoms with Crippen molar-refractivity contribution in [1.82, 2.24) is 14.6 Å². The largest absolute Gasteiger partial charge is 0.495 e. The first-order chi connectivity index (χ1) is 15.9. The number of thiazole rings is 1. The van der Waals surface area contributed by atoms with Gasteiger partial charge in [0.1, 0.15) is 10.6 Å². The van der Waals surface area contributed by atoms with E-state index in [2.05, 4.69) is 10.8 Å². The van der Waals surface area contributed by atoms with E-state index in [0.717, 1.165) is 28.1 Å². The standard InChI is InChI=1S/C23H27N3O5S2/c1-30-13-11-24-33(28,29)21-14-16(9-10-19(21)31-2)23(27)26-12-5-6-17(15-26)22-25-18-7-3-4-8-20(18)32-22/h3-4,7-10,14,17,24H,5-6,11-13,15H2,1-2H3/t17-/m0/s1. The first-order valence-electron chi connectivity index (χ1n) is 10.7. The molecule has 0 unspecified atom stereocenters. The second kappa shape index (κ2) is 10.2. The van der Waals surface area contributed by atoms with Crippen LogP contribution in [-0.2, 0) is 14.8 Å². The summed E-state index contributed by atoms with van der Waals surface area (Å²) in [6.45, 7) is 1.54. The lowest BCUT2D eigenvalue weighted by Crippen LogP contribution is -2.39. The first kappa shape index (κ1) is 23.6. The zero-order valence-corrected chi connectivity index (χ0v) is 20.2. The van der Waals surface area contributed by atoms with Crippen molar-refractivity contribution in [2.45, 2.75) is 23.7 Å². The zero-order chi connectivity index (χ0) is 23.4. The minimum Gasteiger partial charge on any atom is -0.495 e. The average molecular weight is 490 g/mol. The van der Waals surface area contributed by atoms with E-state index in [0.29, 0.717) is 18.7 Å². The number of sulfonamides is 1. The normalized spacial score (nSPS) is 16.8. The number of nitrogens with one attached hydrogen (secondary N) is 1. The number of hydrogen-bond donors (Lipinski definition) is 1. The quantitative estimate of drug-likeness (QED) is 0.488. The molecule has 0 radical (unpaired) electrons. The third-order valence-electron chi connectivity index (χ3n) is 5.67. The molecule has 1 amide bonds. The summed E-state index contributed by atoms with van der Waals surface area (Å²) in [7, 11) is -0.969. The van der Waals surface area contributed by atoms with Crippen molar-refractivity contribution < 1.29 is 22.7 Å². The molecule has 176 valence electrons. The van der Waals surface area contributed by atoms with Gasteiger partial charge in [0.05, 0.1) is 28.9 Å². The van der Waals surface area contributed by atoms with E-state index in [1.165, 1.54) is 26.4 Å². The van der Waals surface area contributed by atoms with Crippen LogP contribution in [0.5, 0.6) is 5.75 Å². The van der Waals surface area contributed by atoms with E-state index < -0.39 is 10.0 Å². The fourth-order valence-electron chi connectivity index (χ4n) is 3.99. The number of hydrogen-bond acceptors (Lipinski definition) is 7. The molecule has 0 saturated carbocycles. The molecule has 1 aromatic heterocycles. The number of likely N-dealkylation sites (tertiary alicyclic amines) is 1. The van der Waals surface area contributed by atoms with E-state index in [1.807, 2.05) is 18.2 Å². The molecule has 2 aromatic carbocycles. The molecule has 0 spiro atoms. The van der Waals surface area contributed by atoms with Crippen LogP contribution in [0, 0.1) is 0 Å². The van der Waals surface area contributed by atoms with Crippen LogP contribution in [0.4, 0.5) is 0 Å². The lowest BCUT2D eigenvalue weighted by molar-refractivity contribution is 0.0707. The number of nitrogens with zero attached hydrogens (tertiary/aromatic N) is 2. The number of para-hydroxylation sites is 1. The van der Waals surface area contributed by atoms with Crippen LogP contribution in [0.15, 0.2) is 47.4 Å². The van der Waals surface area contributed by atoms with Gasteiger partial charge in [-0.3, -0.25) is 4.79 Å². The Labute approximate surface area is 197 Å². The Morgan fingerprint density at radius 1 is 1.24 bits per heavy atom. The molecule has 1 aliphatic heterocycles. The maximum absolute atomic E-state index is 13.3. The lowest BCUT2D eigenvalue weighted by Gasteiger charge is -2.32. The van der Waals surface area contributed by atoms with Crippen LogP contribution >= 0.6 is 11.3 Å². The summed E-state index contributed by atoms with van der Waals surface area (Å²) in [4.78, 5) is 19.8. The molecular weight excluding hydrogens is 462 g/mol. The van der Waals surface area contributed by atoms with E-state index in [9.17, 15) is 13.2 Å². The van der Waals surface area contributed by atoms with E-state index in [4.69, 9.17) is 14.5 Å². The van der Waals surface area contributed by atoms with Gasteiger partial charge in [0.25, 0.3) is 5.91 Å². The highest BCUT2D eigenvalue weighted by atomic mass is 32.2. The Hall–Kier alpha value is -2.53. The van der Waals surface area contributed by atoms with E-state index in [-0.39, 0.29) is 35.6 Å². The van der Waals surface area contributed by atoms with Gasteiger partial charge in [-0.25, -0.2) is 18.1 Å². The Morgan fingerprint density at radius 3 is 2.82 bits per heavy atom. The van der Waals surface area contributed by atoms with E-state index >= 15 is 0 Å². The molecule has 10 heteroatoms. The third kappa shape index (κ3) is 5.19. The van der Waals surface area contributed by atoms with Gasteiger partial charge in [0.2, 0.25) is 10.0 Å². The summed E-state index contributed by atoms with van der Waals surface area (Å²) in [5, 5.41) is 1.04.